The van der Waals surface area contributed by atoms with E-state index in [1.54, 1.807) is 50.6 Å². The van der Waals surface area contributed by atoms with Crippen LogP contribution in [-0.2, 0) is 0 Å². The third-order valence-corrected chi connectivity index (χ3v) is 5.29. The normalized spacial score (nSPS) is 26.8. The van der Waals surface area contributed by atoms with Crippen molar-refractivity contribution in [3.63, 3.8) is 0 Å². The molecular weight excluding hydrogens is 336 g/mol. The summed E-state index contributed by atoms with van der Waals surface area (Å²) in [5.41, 5.74) is 1.34. The lowest BCUT2D eigenvalue weighted by Gasteiger charge is -2.40. The summed E-state index contributed by atoms with van der Waals surface area (Å²) >= 11 is 0. The molecule has 2 aliphatic rings. The van der Waals surface area contributed by atoms with Crippen LogP contribution in [0.2, 0.25) is 0 Å². The molecule has 0 aliphatic carbocycles. The second kappa shape index (κ2) is 6.70. The Hall–Kier alpha value is -2.44. The van der Waals surface area contributed by atoms with Crippen molar-refractivity contribution in [3.05, 3.63) is 47.5 Å². The molecule has 2 aromatic rings. The summed E-state index contributed by atoms with van der Waals surface area (Å²) < 4.78 is 22.2. The van der Waals surface area contributed by atoms with Gasteiger partial charge in [0, 0.05) is 23.0 Å². The topological polar surface area (TPSA) is 77.4 Å². The van der Waals surface area contributed by atoms with Gasteiger partial charge in [-0.15, -0.1) is 0 Å². The number of benzene rings is 2. The standard InChI is InChI=1S/C20H22O6/c1-23-11-3-5-17-13(7-11)19(21)15(9-25-17)16-10-26-18-6-4-12(24-2)8-14(18)20(16)22/h3-8,15-16,19-22H,9-10H2,1-2H3/t15-,16-,19+,20+/m0/s1. The first-order valence-corrected chi connectivity index (χ1v) is 8.60. The van der Waals surface area contributed by atoms with Gasteiger partial charge in [-0.1, -0.05) is 0 Å². The van der Waals surface area contributed by atoms with Crippen molar-refractivity contribution in [2.45, 2.75) is 12.2 Å². The lowest BCUT2D eigenvalue weighted by Crippen LogP contribution is -2.40. The molecule has 2 heterocycles. The minimum Gasteiger partial charge on any atom is -0.497 e. The monoisotopic (exact) mass is 358 g/mol. The molecular formula is C20H22O6. The summed E-state index contributed by atoms with van der Waals surface area (Å²) in [6.07, 6.45) is -1.55. The average Bonchev–Trinajstić information content (AvgIpc) is 2.69. The SMILES string of the molecule is COc1ccc2c(c1)[C@@H](O)[C@H]([C@@H]1COc3ccc(OC)cc3[C@H]1O)CO2. The van der Waals surface area contributed by atoms with E-state index in [1.165, 1.54) is 0 Å². The molecule has 0 fully saturated rings. The van der Waals surface area contributed by atoms with E-state index in [0.29, 0.717) is 47.3 Å². The van der Waals surface area contributed by atoms with Crippen LogP contribution in [0, 0.1) is 11.8 Å². The van der Waals surface area contributed by atoms with Gasteiger partial charge in [-0.2, -0.15) is 0 Å². The van der Waals surface area contributed by atoms with Gasteiger partial charge in [0.15, 0.2) is 0 Å². The molecule has 0 aromatic heterocycles. The molecule has 0 bridgehead atoms. The van der Waals surface area contributed by atoms with Crippen LogP contribution in [0.15, 0.2) is 36.4 Å². The van der Waals surface area contributed by atoms with Crippen LogP contribution < -0.4 is 18.9 Å². The van der Waals surface area contributed by atoms with Crippen molar-refractivity contribution >= 4 is 0 Å². The van der Waals surface area contributed by atoms with Gasteiger partial charge in [-0.05, 0) is 36.4 Å². The number of aliphatic hydroxyl groups is 2. The maximum atomic E-state index is 10.9. The molecule has 26 heavy (non-hydrogen) atoms. The Labute approximate surface area is 151 Å². The van der Waals surface area contributed by atoms with E-state index in [4.69, 9.17) is 18.9 Å². The number of rotatable bonds is 3. The number of aliphatic hydroxyl groups excluding tert-OH is 2. The number of methoxy groups -OCH3 is 2. The first kappa shape index (κ1) is 17.0. The van der Waals surface area contributed by atoms with E-state index in [-0.39, 0.29) is 11.8 Å². The van der Waals surface area contributed by atoms with Crippen LogP contribution in [0.25, 0.3) is 0 Å². The van der Waals surface area contributed by atoms with E-state index in [1.807, 2.05) is 0 Å². The Bertz CT molecular complexity index is 737. The van der Waals surface area contributed by atoms with E-state index in [9.17, 15) is 10.2 Å². The molecule has 0 spiro atoms. The number of ether oxygens (including phenoxy) is 4. The Kier molecular flexibility index (Phi) is 4.38. The predicted molar refractivity (Wildman–Crippen MR) is 93.9 cm³/mol. The number of fused-ring (bicyclic) bond motifs is 2. The molecule has 4 atom stereocenters. The van der Waals surface area contributed by atoms with E-state index in [2.05, 4.69) is 0 Å². The fraction of sp³-hybridized carbons (Fsp3) is 0.400. The van der Waals surface area contributed by atoms with Gasteiger partial charge in [-0.25, -0.2) is 0 Å². The summed E-state index contributed by atoms with van der Waals surface area (Å²) in [6.45, 7) is 0.621. The van der Waals surface area contributed by atoms with Gasteiger partial charge in [-0.3, -0.25) is 0 Å². The zero-order valence-corrected chi connectivity index (χ0v) is 14.7. The van der Waals surface area contributed by atoms with Gasteiger partial charge in [0.05, 0.1) is 39.6 Å². The molecule has 6 nitrogen and oxygen atoms in total. The Morgan fingerprint density at radius 3 is 1.58 bits per heavy atom. The predicted octanol–water partition coefficient (Wildman–Crippen LogP) is 2.49. The highest BCUT2D eigenvalue weighted by Gasteiger charge is 2.42. The van der Waals surface area contributed by atoms with Gasteiger partial charge in [0.1, 0.15) is 23.0 Å². The van der Waals surface area contributed by atoms with E-state index in [0.717, 1.165) is 0 Å². The third-order valence-electron chi connectivity index (χ3n) is 5.29. The van der Waals surface area contributed by atoms with Crippen LogP contribution in [0.1, 0.15) is 23.3 Å². The van der Waals surface area contributed by atoms with Gasteiger partial charge in [0.25, 0.3) is 0 Å². The second-order valence-corrected chi connectivity index (χ2v) is 6.65. The average molecular weight is 358 g/mol. The summed E-state index contributed by atoms with van der Waals surface area (Å²) in [4.78, 5) is 0. The van der Waals surface area contributed by atoms with Crippen LogP contribution in [-0.4, -0.2) is 37.6 Å². The fourth-order valence-electron chi connectivity index (χ4n) is 3.76. The maximum absolute atomic E-state index is 10.9. The number of hydrogen-bond donors (Lipinski definition) is 2. The molecule has 2 aromatic carbocycles. The quantitative estimate of drug-likeness (QED) is 0.878. The molecule has 138 valence electrons. The highest BCUT2D eigenvalue weighted by molar-refractivity contribution is 5.45. The smallest absolute Gasteiger partial charge is 0.125 e. The van der Waals surface area contributed by atoms with Gasteiger partial charge >= 0.3 is 0 Å². The van der Waals surface area contributed by atoms with Crippen molar-refractivity contribution in [3.8, 4) is 23.0 Å². The zero-order chi connectivity index (χ0) is 18.3. The molecule has 6 heteroatoms. The molecule has 2 N–H and O–H groups in total. The highest BCUT2D eigenvalue weighted by Crippen LogP contribution is 2.47. The lowest BCUT2D eigenvalue weighted by atomic mass is 9.77. The van der Waals surface area contributed by atoms with Crippen molar-refractivity contribution < 1.29 is 29.2 Å². The fourth-order valence-corrected chi connectivity index (χ4v) is 3.76. The zero-order valence-electron chi connectivity index (χ0n) is 14.7. The lowest BCUT2D eigenvalue weighted by molar-refractivity contribution is -0.0552. The first-order chi connectivity index (χ1) is 12.6. The minimum absolute atomic E-state index is 0.302. The number of hydrogen-bond acceptors (Lipinski definition) is 6. The van der Waals surface area contributed by atoms with Crippen molar-refractivity contribution in [2.75, 3.05) is 27.4 Å². The maximum Gasteiger partial charge on any atom is 0.125 e. The summed E-state index contributed by atoms with van der Waals surface area (Å²) in [5.74, 6) is 1.99. The van der Waals surface area contributed by atoms with Crippen LogP contribution in [0.3, 0.4) is 0 Å². The molecule has 0 unspecified atom stereocenters. The molecule has 4 rings (SSSR count). The third kappa shape index (κ3) is 2.75. The minimum atomic E-state index is -0.774. The van der Waals surface area contributed by atoms with E-state index < -0.39 is 12.2 Å². The van der Waals surface area contributed by atoms with Crippen molar-refractivity contribution in [2.24, 2.45) is 11.8 Å². The molecule has 0 radical (unpaired) electrons. The highest BCUT2D eigenvalue weighted by atomic mass is 16.5. The Morgan fingerprint density at radius 2 is 1.19 bits per heavy atom. The second-order valence-electron chi connectivity index (χ2n) is 6.65. The summed E-state index contributed by atoms with van der Waals surface area (Å²) in [6, 6.07) is 10.7. The molecule has 0 saturated carbocycles. The van der Waals surface area contributed by atoms with Crippen LogP contribution in [0.5, 0.6) is 23.0 Å². The molecule has 0 amide bonds. The van der Waals surface area contributed by atoms with Crippen molar-refractivity contribution in [1.82, 2.24) is 0 Å². The van der Waals surface area contributed by atoms with E-state index >= 15 is 0 Å². The van der Waals surface area contributed by atoms with Crippen molar-refractivity contribution in [1.29, 1.82) is 0 Å². The van der Waals surface area contributed by atoms with Gasteiger partial charge in [0.2, 0.25) is 0 Å². The van der Waals surface area contributed by atoms with Gasteiger partial charge < -0.3 is 29.2 Å². The summed E-state index contributed by atoms with van der Waals surface area (Å²) in [7, 11) is 3.16. The molecule has 2 aliphatic heterocycles. The molecule has 0 saturated heterocycles. The van der Waals surface area contributed by atoms with Crippen LogP contribution in [0.4, 0.5) is 0 Å². The first-order valence-electron chi connectivity index (χ1n) is 8.60. The Balaban J connectivity index is 1.63. The Morgan fingerprint density at radius 1 is 0.769 bits per heavy atom. The summed E-state index contributed by atoms with van der Waals surface area (Å²) in [5, 5.41) is 21.9. The van der Waals surface area contributed by atoms with Crippen LogP contribution >= 0.6 is 0 Å². The largest absolute Gasteiger partial charge is 0.497 e.